The summed E-state index contributed by atoms with van der Waals surface area (Å²) in [6.45, 7) is 16.6. The lowest BCUT2D eigenvalue weighted by Crippen LogP contribution is -2.51. The third kappa shape index (κ3) is 4.58. The van der Waals surface area contributed by atoms with Gasteiger partial charge in [-0.2, -0.15) is 0 Å². The van der Waals surface area contributed by atoms with Crippen LogP contribution in [-0.2, 0) is 9.53 Å². The van der Waals surface area contributed by atoms with E-state index in [1.165, 1.54) is 57.8 Å². The van der Waals surface area contributed by atoms with Crippen LogP contribution in [0.2, 0.25) is 0 Å². The molecule has 33 heavy (non-hydrogen) atoms. The minimum absolute atomic E-state index is 0.113. The van der Waals surface area contributed by atoms with Crippen molar-refractivity contribution in [1.82, 2.24) is 0 Å². The zero-order valence-electron chi connectivity index (χ0n) is 22.8. The topological polar surface area (TPSA) is 26.3 Å². The predicted molar refractivity (Wildman–Crippen MR) is 138 cm³/mol. The lowest BCUT2D eigenvalue weighted by molar-refractivity contribution is -0.148. The molecule has 2 nitrogen and oxygen atoms in total. The number of ether oxygens (including phenoxy) is 1. The summed E-state index contributed by atoms with van der Waals surface area (Å²) in [5, 5.41) is 0. The summed E-state index contributed by atoms with van der Waals surface area (Å²) >= 11 is 0. The van der Waals surface area contributed by atoms with Crippen LogP contribution in [0.25, 0.3) is 0 Å². The number of rotatable bonds is 7. The van der Waals surface area contributed by atoms with Gasteiger partial charge < -0.3 is 4.74 Å². The maximum absolute atomic E-state index is 11.5. The van der Waals surface area contributed by atoms with Crippen LogP contribution >= 0.6 is 0 Å². The number of esters is 1. The van der Waals surface area contributed by atoms with E-state index in [1.807, 2.05) is 0 Å². The predicted octanol–water partition coefficient (Wildman–Crippen LogP) is 8.60. The molecule has 0 aromatic heterocycles. The minimum atomic E-state index is -0.115. The third-order valence-corrected chi connectivity index (χ3v) is 11.6. The second kappa shape index (κ2) is 9.69. The number of carbonyl (C=O) groups excluding carboxylic acids is 1. The number of allylic oxidation sites excluding steroid dienone is 1. The maximum atomic E-state index is 11.5. The van der Waals surface area contributed by atoms with Gasteiger partial charge in [0.15, 0.2) is 0 Å². The molecule has 0 aromatic carbocycles. The minimum Gasteiger partial charge on any atom is -0.462 e. The van der Waals surface area contributed by atoms with Crippen LogP contribution in [0.5, 0.6) is 0 Å². The van der Waals surface area contributed by atoms with Crippen molar-refractivity contribution in [3.63, 3.8) is 0 Å². The molecule has 2 heteroatoms. The van der Waals surface area contributed by atoms with Crippen LogP contribution in [0.1, 0.15) is 119 Å². The molecule has 9 atom stereocenters. The van der Waals surface area contributed by atoms with Gasteiger partial charge in [-0.1, -0.05) is 66.0 Å². The van der Waals surface area contributed by atoms with Gasteiger partial charge >= 0.3 is 5.97 Å². The summed E-state index contributed by atoms with van der Waals surface area (Å²) < 4.78 is 5.63. The molecule has 0 aliphatic heterocycles. The lowest BCUT2D eigenvalue weighted by atomic mass is 9.47. The molecule has 4 aliphatic rings. The molecule has 4 rings (SSSR count). The van der Waals surface area contributed by atoms with E-state index in [4.69, 9.17) is 4.74 Å². The lowest BCUT2D eigenvalue weighted by Gasteiger charge is -2.58. The molecular formula is C31H52O2. The number of fused-ring (bicyclic) bond motifs is 5. The quantitative estimate of drug-likeness (QED) is 0.283. The van der Waals surface area contributed by atoms with Crippen LogP contribution in [0.4, 0.5) is 0 Å². The molecule has 0 heterocycles. The summed E-state index contributed by atoms with van der Waals surface area (Å²) in [7, 11) is 0. The smallest absolute Gasteiger partial charge is 0.302 e. The average molecular weight is 457 g/mol. The fourth-order valence-corrected chi connectivity index (χ4v) is 9.63. The Labute approximate surface area is 204 Å². The van der Waals surface area contributed by atoms with Crippen molar-refractivity contribution in [3.05, 3.63) is 11.6 Å². The van der Waals surface area contributed by atoms with Crippen LogP contribution in [0.15, 0.2) is 11.6 Å². The van der Waals surface area contributed by atoms with Crippen LogP contribution in [-0.4, -0.2) is 12.1 Å². The highest BCUT2D eigenvalue weighted by Crippen LogP contribution is 2.67. The molecule has 188 valence electrons. The van der Waals surface area contributed by atoms with Gasteiger partial charge in [0, 0.05) is 13.3 Å². The highest BCUT2D eigenvalue weighted by Gasteiger charge is 2.59. The van der Waals surface area contributed by atoms with Crippen molar-refractivity contribution in [2.45, 2.75) is 125 Å². The van der Waals surface area contributed by atoms with E-state index in [1.54, 1.807) is 12.5 Å². The normalized spacial score (nSPS) is 42.1. The Bertz CT molecular complexity index is 737. The van der Waals surface area contributed by atoms with Gasteiger partial charge in [-0.25, -0.2) is 0 Å². The van der Waals surface area contributed by atoms with E-state index in [2.05, 4.69) is 47.6 Å². The third-order valence-electron chi connectivity index (χ3n) is 11.6. The highest BCUT2D eigenvalue weighted by molar-refractivity contribution is 5.66. The molecule has 0 unspecified atom stereocenters. The van der Waals surface area contributed by atoms with Crippen molar-refractivity contribution >= 4 is 5.97 Å². The summed E-state index contributed by atoms with van der Waals surface area (Å²) in [6.07, 6.45) is 17.2. The van der Waals surface area contributed by atoms with Crippen molar-refractivity contribution in [2.24, 2.45) is 52.3 Å². The molecular weight excluding hydrogens is 404 g/mol. The van der Waals surface area contributed by atoms with Crippen molar-refractivity contribution in [1.29, 1.82) is 0 Å². The summed E-state index contributed by atoms with van der Waals surface area (Å²) in [5.74, 6) is 6.03. The average Bonchev–Trinajstić information content (AvgIpc) is 3.11. The second-order valence-corrected chi connectivity index (χ2v) is 13.4. The Kier molecular flexibility index (Phi) is 7.43. The molecule has 0 saturated heterocycles. The first kappa shape index (κ1) is 25.3. The molecule has 0 N–H and O–H groups in total. The molecule has 0 bridgehead atoms. The summed E-state index contributed by atoms with van der Waals surface area (Å²) in [4.78, 5) is 11.5. The maximum Gasteiger partial charge on any atom is 0.302 e. The Morgan fingerprint density at radius 3 is 2.48 bits per heavy atom. The number of hydrogen-bond donors (Lipinski definition) is 0. The first-order valence-electron chi connectivity index (χ1n) is 14.5. The van der Waals surface area contributed by atoms with Gasteiger partial charge in [0.25, 0.3) is 0 Å². The Hall–Kier alpha value is -0.790. The van der Waals surface area contributed by atoms with Gasteiger partial charge in [-0.3, -0.25) is 4.79 Å². The van der Waals surface area contributed by atoms with E-state index in [0.717, 1.165) is 54.3 Å². The summed E-state index contributed by atoms with van der Waals surface area (Å²) in [5.41, 5.74) is 2.51. The summed E-state index contributed by atoms with van der Waals surface area (Å²) in [6, 6.07) is 0. The highest BCUT2D eigenvalue weighted by atomic mass is 16.5. The van der Waals surface area contributed by atoms with Crippen molar-refractivity contribution in [2.75, 3.05) is 0 Å². The van der Waals surface area contributed by atoms with Gasteiger partial charge in [-0.05, 0) is 104 Å². The first-order valence-corrected chi connectivity index (χ1v) is 14.5. The molecule has 3 fully saturated rings. The van der Waals surface area contributed by atoms with Crippen LogP contribution < -0.4 is 0 Å². The van der Waals surface area contributed by atoms with E-state index >= 15 is 0 Å². The first-order chi connectivity index (χ1) is 15.6. The zero-order chi connectivity index (χ0) is 24.0. The Morgan fingerprint density at radius 2 is 1.82 bits per heavy atom. The number of hydrogen-bond acceptors (Lipinski definition) is 2. The largest absolute Gasteiger partial charge is 0.462 e. The molecule has 4 aliphatic carbocycles. The molecule has 0 radical (unpaired) electrons. The van der Waals surface area contributed by atoms with Gasteiger partial charge in [0.1, 0.15) is 6.10 Å². The molecule has 0 spiro atoms. The molecule has 3 saturated carbocycles. The number of carbonyl (C=O) groups is 1. The fourth-order valence-electron chi connectivity index (χ4n) is 9.63. The van der Waals surface area contributed by atoms with Gasteiger partial charge in [0.2, 0.25) is 0 Å². The van der Waals surface area contributed by atoms with E-state index in [0.29, 0.717) is 10.8 Å². The van der Waals surface area contributed by atoms with Crippen LogP contribution in [0.3, 0.4) is 0 Å². The molecule has 0 amide bonds. The monoisotopic (exact) mass is 456 g/mol. The van der Waals surface area contributed by atoms with Gasteiger partial charge in [0.05, 0.1) is 0 Å². The van der Waals surface area contributed by atoms with E-state index in [9.17, 15) is 4.79 Å². The zero-order valence-corrected chi connectivity index (χ0v) is 22.8. The van der Waals surface area contributed by atoms with E-state index in [-0.39, 0.29) is 12.1 Å². The molecule has 0 aromatic rings. The Morgan fingerprint density at radius 1 is 1.06 bits per heavy atom. The second-order valence-electron chi connectivity index (χ2n) is 13.4. The van der Waals surface area contributed by atoms with Crippen molar-refractivity contribution < 1.29 is 9.53 Å². The van der Waals surface area contributed by atoms with Gasteiger partial charge in [-0.15, -0.1) is 0 Å². The van der Waals surface area contributed by atoms with E-state index < -0.39 is 0 Å². The standard InChI is InChI=1S/C31H52O2/c1-8-23(20(2)3)10-9-21(4)27-13-14-28-26-12-11-24-19-25(33-22(5)32)15-17-30(24,6)29(26)16-18-31(27,28)7/h11,20-21,23,25-29H,8-10,12-19H2,1-7H3/t21-,23-,25+,26-,27-,28+,29-,30+,31-/m1/s1. The SMILES string of the molecule is CC[C@H](CC[C@@H](C)[C@H]1CC[C@H]2[C@H]3CC=C4C[C@@H](OC(C)=O)CC[C@]4(C)[C@@H]3CC[C@]12C)C(C)C. The fraction of sp³-hybridized carbons (Fsp3) is 0.903. The Balaban J connectivity index is 1.46. The van der Waals surface area contributed by atoms with Crippen molar-refractivity contribution in [3.8, 4) is 0 Å². The van der Waals surface area contributed by atoms with Crippen LogP contribution in [0, 0.1) is 52.3 Å².